The molecule has 0 radical (unpaired) electrons. The molecule has 0 bridgehead atoms. The molecule has 1 aromatic heterocycles. The van der Waals surface area contributed by atoms with Gasteiger partial charge in [0, 0.05) is 35.8 Å². The molecule has 2 heterocycles. The van der Waals surface area contributed by atoms with Gasteiger partial charge < -0.3 is 15.0 Å². The maximum atomic E-state index is 8.58. The fourth-order valence-corrected chi connectivity index (χ4v) is 3.48. The van der Waals surface area contributed by atoms with Gasteiger partial charge in [0.25, 0.3) is 0 Å². The maximum Gasteiger partial charge on any atom is 0.454 e. The number of pyridine rings is 1. The number of aliphatic imine (C=N–C) groups is 1. The predicted molar refractivity (Wildman–Crippen MR) is 153 cm³/mol. The fraction of sp³-hybridized carbons (Fsp3) is 0.414. The molecule has 1 amide bonds. The minimum atomic E-state index is -0.160. The van der Waals surface area contributed by atoms with Crippen molar-refractivity contribution < 1.29 is 14.1 Å². The van der Waals surface area contributed by atoms with E-state index in [0.29, 0.717) is 0 Å². The maximum absolute atomic E-state index is 8.58. The molecule has 1 aliphatic heterocycles. The molecule has 0 aliphatic carbocycles. The number of unbranched alkanes of at least 4 members (excludes halogenated alkanes) is 1. The summed E-state index contributed by atoms with van der Waals surface area (Å²) in [7, 11) is -0.0648. The molecule has 36 heavy (non-hydrogen) atoms. The summed E-state index contributed by atoms with van der Waals surface area (Å²) in [6, 6.07) is 12.5. The Labute approximate surface area is 217 Å². The van der Waals surface area contributed by atoms with Gasteiger partial charge in [0.05, 0.1) is 11.2 Å². The van der Waals surface area contributed by atoms with Crippen LogP contribution in [0.1, 0.15) is 58.7 Å². The van der Waals surface area contributed by atoms with Crippen LogP contribution >= 0.6 is 0 Å². The molecule has 0 saturated carbocycles. The Bertz CT molecular complexity index is 1000. The Morgan fingerprint density at radius 3 is 2.22 bits per heavy atom. The van der Waals surface area contributed by atoms with Crippen LogP contribution in [-0.4, -0.2) is 42.5 Å². The summed E-state index contributed by atoms with van der Waals surface area (Å²) in [4.78, 5) is 17.5. The highest BCUT2D eigenvalue weighted by Crippen LogP contribution is 2.36. The van der Waals surface area contributed by atoms with Crippen LogP contribution in [0.25, 0.3) is 16.7 Å². The molecular weight excluding hydrogens is 449 g/mol. The fourth-order valence-electron chi connectivity index (χ4n) is 3.48. The van der Waals surface area contributed by atoms with Crippen molar-refractivity contribution in [1.29, 1.82) is 0 Å². The Kier molecular flexibility index (Phi) is 13.1. The Balaban J connectivity index is 0.000000412. The van der Waals surface area contributed by atoms with Gasteiger partial charge in [-0.25, -0.2) is 0 Å². The summed E-state index contributed by atoms with van der Waals surface area (Å²) in [5, 5.41) is 0. The van der Waals surface area contributed by atoms with Crippen molar-refractivity contribution in [3.05, 3.63) is 72.6 Å². The highest BCUT2D eigenvalue weighted by atomic mass is 16.7. The van der Waals surface area contributed by atoms with Crippen molar-refractivity contribution in [3.8, 4) is 11.1 Å². The van der Waals surface area contributed by atoms with Crippen LogP contribution < -0.4 is 5.73 Å². The van der Waals surface area contributed by atoms with Gasteiger partial charge in [-0.15, -0.1) is 0 Å². The number of hydrogen-bond acceptors (Lipinski definition) is 5. The smallest absolute Gasteiger partial charge is 0.403 e. The summed E-state index contributed by atoms with van der Waals surface area (Å²) < 4.78 is 11.1. The van der Waals surface area contributed by atoms with E-state index in [4.69, 9.17) is 14.1 Å². The molecule has 2 aromatic rings. The average molecular weight is 491 g/mol. The van der Waals surface area contributed by atoms with Crippen LogP contribution in [0.2, 0.25) is 6.82 Å². The zero-order chi connectivity index (χ0) is 27.2. The highest BCUT2D eigenvalue weighted by Gasteiger charge is 2.48. The second-order valence-corrected chi connectivity index (χ2v) is 9.42. The van der Waals surface area contributed by atoms with Crippen molar-refractivity contribution in [2.24, 2.45) is 10.7 Å². The number of primary amides is 1. The van der Waals surface area contributed by atoms with E-state index >= 15 is 0 Å². The number of aryl methyl sites for hydroxylation is 1. The van der Waals surface area contributed by atoms with E-state index in [0.717, 1.165) is 41.8 Å². The first-order chi connectivity index (χ1) is 17.0. The number of nitrogens with two attached hydrogens (primary N) is 1. The number of benzene rings is 1. The first-order valence-corrected chi connectivity index (χ1v) is 12.4. The molecule has 0 spiro atoms. The van der Waals surface area contributed by atoms with Crippen molar-refractivity contribution in [3.63, 3.8) is 0 Å². The lowest BCUT2D eigenvalue weighted by Crippen LogP contribution is -2.41. The van der Waals surface area contributed by atoms with E-state index in [9.17, 15) is 0 Å². The molecular formula is C29H42BN3O3. The molecule has 2 N–H and O–H groups in total. The molecule has 1 saturated heterocycles. The lowest BCUT2D eigenvalue weighted by molar-refractivity contribution is -0.106. The number of carbonyl (C=O) groups is 1. The van der Waals surface area contributed by atoms with Gasteiger partial charge >= 0.3 is 7.12 Å². The molecule has 1 fully saturated rings. The summed E-state index contributed by atoms with van der Waals surface area (Å²) >= 11 is 0. The highest BCUT2D eigenvalue weighted by molar-refractivity contribution is 6.43. The SMILES string of the molecule is C=C/C(=C\C=NCCCC)c1cnc(C)c(-c2ccccc2)c1.CB1OC(C)(C)C(C)(C)O1.NC=O. The summed E-state index contributed by atoms with van der Waals surface area (Å²) in [6.07, 6.45) is 10.2. The van der Waals surface area contributed by atoms with Crippen LogP contribution in [0.3, 0.4) is 0 Å². The van der Waals surface area contributed by atoms with Crippen molar-refractivity contribution in [2.75, 3.05) is 6.54 Å². The average Bonchev–Trinajstić information content (AvgIpc) is 3.02. The Morgan fingerprint density at radius 2 is 1.75 bits per heavy atom. The summed E-state index contributed by atoms with van der Waals surface area (Å²) in [6.45, 7) is 19.1. The minimum Gasteiger partial charge on any atom is -0.403 e. The van der Waals surface area contributed by atoms with Crippen molar-refractivity contribution in [2.45, 2.75) is 72.4 Å². The van der Waals surface area contributed by atoms with E-state index in [1.54, 1.807) is 0 Å². The molecule has 3 rings (SSSR count). The van der Waals surface area contributed by atoms with E-state index in [1.807, 2.05) is 56.5 Å². The van der Waals surface area contributed by atoms with E-state index < -0.39 is 0 Å². The number of carbonyl (C=O) groups excluding carboxylic acids is 1. The van der Waals surface area contributed by atoms with Gasteiger partial charge in [0.2, 0.25) is 6.41 Å². The predicted octanol–water partition coefficient (Wildman–Crippen LogP) is 6.31. The topological polar surface area (TPSA) is 86.8 Å². The molecule has 7 heteroatoms. The zero-order valence-electron chi connectivity index (χ0n) is 23.0. The number of hydrogen-bond donors (Lipinski definition) is 1. The van der Waals surface area contributed by atoms with E-state index in [2.05, 4.69) is 75.1 Å². The van der Waals surface area contributed by atoms with Gasteiger partial charge in [-0.3, -0.25) is 14.8 Å². The Hall–Kier alpha value is -3.03. The lowest BCUT2D eigenvalue weighted by atomic mass is 9.90. The second kappa shape index (κ2) is 15.2. The van der Waals surface area contributed by atoms with E-state index in [1.165, 1.54) is 5.56 Å². The second-order valence-electron chi connectivity index (χ2n) is 9.42. The first-order valence-electron chi connectivity index (χ1n) is 12.4. The van der Waals surface area contributed by atoms with Gasteiger partial charge in [0.1, 0.15) is 0 Å². The van der Waals surface area contributed by atoms with Crippen LogP contribution in [0.5, 0.6) is 0 Å². The van der Waals surface area contributed by atoms with Gasteiger partial charge in [-0.05, 0) is 71.1 Å². The first kappa shape index (κ1) is 31.0. The number of allylic oxidation sites excluding steroid dienone is 3. The third kappa shape index (κ3) is 9.55. The van der Waals surface area contributed by atoms with Crippen LogP contribution in [-0.2, 0) is 14.1 Å². The monoisotopic (exact) mass is 491 g/mol. The number of nitrogens with zero attached hydrogens (tertiary/aromatic N) is 2. The minimum absolute atomic E-state index is 0.0648. The number of amides is 1. The number of aromatic nitrogens is 1. The molecule has 0 unspecified atom stereocenters. The lowest BCUT2D eigenvalue weighted by Gasteiger charge is -2.32. The molecule has 1 aromatic carbocycles. The molecule has 194 valence electrons. The molecule has 1 aliphatic rings. The van der Waals surface area contributed by atoms with Crippen molar-refractivity contribution in [1.82, 2.24) is 4.98 Å². The largest absolute Gasteiger partial charge is 0.454 e. The van der Waals surface area contributed by atoms with Crippen LogP contribution in [0.4, 0.5) is 0 Å². The molecule has 6 nitrogen and oxygen atoms in total. The third-order valence-corrected chi connectivity index (χ3v) is 6.10. The summed E-state index contributed by atoms with van der Waals surface area (Å²) in [5.74, 6) is 0. The third-order valence-electron chi connectivity index (χ3n) is 6.10. The Morgan fingerprint density at radius 1 is 1.17 bits per heavy atom. The quantitative estimate of drug-likeness (QED) is 0.162. The van der Waals surface area contributed by atoms with Crippen LogP contribution in [0.15, 0.2) is 66.3 Å². The van der Waals surface area contributed by atoms with Gasteiger partial charge in [-0.1, -0.05) is 56.3 Å². The van der Waals surface area contributed by atoms with Gasteiger partial charge in [-0.2, -0.15) is 0 Å². The van der Waals surface area contributed by atoms with Crippen LogP contribution in [0, 0.1) is 6.92 Å². The van der Waals surface area contributed by atoms with Gasteiger partial charge in [0.15, 0.2) is 0 Å². The normalized spacial score (nSPS) is 16.0. The van der Waals surface area contributed by atoms with Crippen molar-refractivity contribution >= 4 is 25.3 Å². The standard InChI is InChI=1S/C21H24N2.C7H15BO2.CH3NO/c1-4-6-13-22-14-12-18(5-2)20-15-21(17(3)23-16-20)19-10-8-7-9-11-19;1-6(2)7(3,4)10-8(5)9-6;2-1-3/h5,7-12,14-16H,2,4,6,13H2,1,3H3;1-5H3;1H,(H2,2,3)/b18-12+,22-14?;;. The number of rotatable bonds is 7. The summed E-state index contributed by atoms with van der Waals surface area (Å²) in [5.41, 5.74) is 9.30. The zero-order valence-corrected chi connectivity index (χ0v) is 23.0. The van der Waals surface area contributed by atoms with E-state index in [-0.39, 0.29) is 24.7 Å². The molecule has 0 atom stereocenters.